The van der Waals surface area contributed by atoms with Gasteiger partial charge in [0.15, 0.2) is 0 Å². The summed E-state index contributed by atoms with van der Waals surface area (Å²) in [6, 6.07) is -1.19. The molecule has 0 spiro atoms. The summed E-state index contributed by atoms with van der Waals surface area (Å²) in [7, 11) is 0. The van der Waals surface area contributed by atoms with Crippen molar-refractivity contribution < 1.29 is 24.6 Å². The Hall–Kier alpha value is -3.11. The number of amides is 1. The molecule has 0 aliphatic carbocycles. The number of aliphatic carboxylic acids is 2. The average molecular weight is 380 g/mol. The molecule has 2 heterocycles. The number of carboxylic acid groups (broad SMARTS) is 2. The first-order chi connectivity index (χ1) is 12.8. The quantitative estimate of drug-likeness (QED) is 0.304. The van der Waals surface area contributed by atoms with Gasteiger partial charge in [-0.3, -0.25) is 9.59 Å². The Morgan fingerprint density at radius 3 is 2.59 bits per heavy atom. The molecule has 1 aromatic rings. The van der Waals surface area contributed by atoms with Gasteiger partial charge in [-0.2, -0.15) is 9.97 Å². The topological polar surface area (TPSA) is 194 Å². The Bertz CT molecular complexity index is 725. The van der Waals surface area contributed by atoms with Crippen molar-refractivity contribution in [3.8, 4) is 0 Å². The van der Waals surface area contributed by atoms with Crippen LogP contribution < -0.4 is 22.1 Å². The Morgan fingerprint density at radius 1 is 1.19 bits per heavy atom. The Balaban J connectivity index is 1.75. The first-order valence-electron chi connectivity index (χ1n) is 8.68. The number of fused-ring (bicyclic) bond motifs is 1. The van der Waals surface area contributed by atoms with Gasteiger partial charge in [-0.15, -0.1) is 0 Å². The van der Waals surface area contributed by atoms with Crippen LogP contribution in [0.25, 0.3) is 0 Å². The molecule has 27 heavy (non-hydrogen) atoms. The largest absolute Gasteiger partial charge is 0.481 e. The summed E-state index contributed by atoms with van der Waals surface area (Å²) >= 11 is 0. The number of hydrogen-bond acceptors (Lipinski definition) is 8. The highest BCUT2D eigenvalue weighted by Gasteiger charge is 2.27. The smallest absolute Gasteiger partial charge is 0.326 e. The number of anilines is 3. The Morgan fingerprint density at radius 2 is 1.93 bits per heavy atom. The molecule has 1 unspecified atom stereocenters. The van der Waals surface area contributed by atoms with Crippen molar-refractivity contribution in [2.45, 2.75) is 50.5 Å². The maximum absolute atomic E-state index is 11.9. The Kier molecular flexibility index (Phi) is 6.74. The van der Waals surface area contributed by atoms with E-state index < -0.39 is 23.9 Å². The molecule has 0 aromatic carbocycles. The molecule has 0 saturated heterocycles. The number of nitrogen functional groups attached to an aromatic ring is 2. The first-order valence-corrected chi connectivity index (χ1v) is 8.68. The zero-order chi connectivity index (χ0) is 20.0. The van der Waals surface area contributed by atoms with Crippen molar-refractivity contribution in [2.75, 3.05) is 23.3 Å². The number of carbonyl (C=O) groups excluding carboxylic acids is 1. The van der Waals surface area contributed by atoms with Crippen molar-refractivity contribution in [2.24, 2.45) is 0 Å². The highest BCUT2D eigenvalue weighted by Crippen LogP contribution is 2.37. The van der Waals surface area contributed by atoms with E-state index in [-0.39, 0.29) is 31.1 Å². The van der Waals surface area contributed by atoms with Crippen LogP contribution in [0.2, 0.25) is 0 Å². The van der Waals surface area contributed by atoms with Crippen LogP contribution >= 0.6 is 0 Å². The highest BCUT2D eigenvalue weighted by atomic mass is 16.4. The van der Waals surface area contributed by atoms with Crippen LogP contribution in [0.5, 0.6) is 0 Å². The number of hydrogen-bond donors (Lipinski definition) is 6. The van der Waals surface area contributed by atoms with Gasteiger partial charge in [-0.05, 0) is 19.3 Å². The molecule has 148 valence electrons. The van der Waals surface area contributed by atoms with Gasteiger partial charge >= 0.3 is 11.9 Å². The predicted molar refractivity (Wildman–Crippen MR) is 97.0 cm³/mol. The standard InChI is InChI=1S/C16H24N6O5/c17-13-12-8(7-19-14(12)22-16(18)21-13)3-1-2-4-10(23)20-9(15(26)27)5-6-11(24)25/h8-9H,1-7H2,(H,20,23)(H,24,25)(H,26,27)(H5,17,18,19,21,22)/t8?,9-/m0/s1. The van der Waals surface area contributed by atoms with E-state index in [1.165, 1.54) is 0 Å². The van der Waals surface area contributed by atoms with E-state index in [1.807, 2.05) is 0 Å². The van der Waals surface area contributed by atoms with Crippen LogP contribution in [0.4, 0.5) is 17.6 Å². The lowest BCUT2D eigenvalue weighted by Crippen LogP contribution is -2.41. The summed E-state index contributed by atoms with van der Waals surface area (Å²) in [5, 5.41) is 23.2. The van der Waals surface area contributed by atoms with E-state index in [2.05, 4.69) is 20.6 Å². The molecule has 0 fully saturated rings. The summed E-state index contributed by atoms with van der Waals surface area (Å²) in [5.74, 6) is -1.51. The van der Waals surface area contributed by atoms with Gasteiger partial charge in [0.2, 0.25) is 11.9 Å². The molecule has 1 aromatic heterocycles. The number of carboxylic acids is 2. The third kappa shape index (κ3) is 5.69. The summed E-state index contributed by atoms with van der Waals surface area (Å²) < 4.78 is 0. The number of nitrogens with one attached hydrogen (secondary N) is 2. The second kappa shape index (κ2) is 9.01. The van der Waals surface area contributed by atoms with Gasteiger partial charge in [0.05, 0.1) is 0 Å². The van der Waals surface area contributed by atoms with Crippen molar-refractivity contribution >= 4 is 35.4 Å². The van der Waals surface area contributed by atoms with Crippen molar-refractivity contribution in [3.05, 3.63) is 5.56 Å². The molecule has 11 heteroatoms. The third-order valence-electron chi connectivity index (χ3n) is 4.40. The van der Waals surface area contributed by atoms with Crippen LogP contribution in [0.3, 0.4) is 0 Å². The van der Waals surface area contributed by atoms with Gasteiger partial charge in [0.25, 0.3) is 0 Å². The van der Waals surface area contributed by atoms with E-state index in [1.54, 1.807) is 0 Å². The Labute approximate surface area is 155 Å². The molecular weight excluding hydrogens is 356 g/mol. The van der Waals surface area contributed by atoms with Crippen LogP contribution in [-0.4, -0.2) is 50.6 Å². The molecular formula is C16H24N6O5. The fourth-order valence-corrected chi connectivity index (χ4v) is 3.08. The summed E-state index contributed by atoms with van der Waals surface area (Å²) in [4.78, 5) is 41.6. The fourth-order valence-electron chi connectivity index (χ4n) is 3.08. The molecule has 1 aliphatic heterocycles. The van der Waals surface area contributed by atoms with Crippen molar-refractivity contribution in [1.82, 2.24) is 15.3 Å². The lowest BCUT2D eigenvalue weighted by atomic mass is 9.96. The molecule has 8 N–H and O–H groups in total. The van der Waals surface area contributed by atoms with E-state index in [0.29, 0.717) is 24.6 Å². The van der Waals surface area contributed by atoms with Crippen LogP contribution in [0.1, 0.15) is 50.0 Å². The van der Waals surface area contributed by atoms with E-state index >= 15 is 0 Å². The minimum Gasteiger partial charge on any atom is -0.481 e. The van der Waals surface area contributed by atoms with Crippen molar-refractivity contribution in [3.63, 3.8) is 0 Å². The molecule has 1 amide bonds. The molecule has 0 bridgehead atoms. The number of unbranched alkanes of at least 4 members (excludes halogenated alkanes) is 1. The fraction of sp³-hybridized carbons (Fsp3) is 0.562. The zero-order valence-corrected chi connectivity index (χ0v) is 14.8. The van der Waals surface area contributed by atoms with E-state index in [0.717, 1.165) is 18.4 Å². The van der Waals surface area contributed by atoms with Gasteiger partial charge in [0, 0.05) is 30.9 Å². The van der Waals surface area contributed by atoms with Crippen LogP contribution in [0, 0.1) is 0 Å². The SMILES string of the molecule is Nc1nc(N)c2c(n1)NCC2CCCCC(=O)N[C@@H](CCC(=O)O)C(=O)O. The maximum Gasteiger partial charge on any atom is 0.326 e. The van der Waals surface area contributed by atoms with Crippen molar-refractivity contribution in [1.29, 1.82) is 0 Å². The third-order valence-corrected chi connectivity index (χ3v) is 4.40. The monoisotopic (exact) mass is 380 g/mol. The van der Waals surface area contributed by atoms with Gasteiger partial charge in [-0.25, -0.2) is 4.79 Å². The minimum absolute atomic E-state index is 0.118. The lowest BCUT2D eigenvalue weighted by Gasteiger charge is -2.14. The first kappa shape index (κ1) is 20.2. The number of nitrogens with two attached hydrogens (primary N) is 2. The minimum atomic E-state index is -1.24. The van der Waals surface area contributed by atoms with Gasteiger partial charge in [0.1, 0.15) is 17.7 Å². The highest BCUT2D eigenvalue weighted by molar-refractivity contribution is 5.83. The second-order valence-electron chi connectivity index (χ2n) is 6.44. The number of nitrogens with zero attached hydrogens (tertiary/aromatic N) is 2. The molecule has 0 radical (unpaired) electrons. The van der Waals surface area contributed by atoms with Gasteiger partial charge in [-0.1, -0.05) is 6.42 Å². The number of carbonyl (C=O) groups is 3. The predicted octanol–water partition coefficient (Wildman–Crippen LogP) is 0.145. The zero-order valence-electron chi connectivity index (χ0n) is 14.8. The summed E-state index contributed by atoms with van der Waals surface area (Å²) in [6.45, 7) is 0.667. The molecule has 11 nitrogen and oxygen atoms in total. The normalized spacial score (nSPS) is 16.2. The number of rotatable bonds is 10. The molecule has 1 aliphatic rings. The summed E-state index contributed by atoms with van der Waals surface area (Å²) in [5.41, 5.74) is 12.3. The van der Waals surface area contributed by atoms with Gasteiger partial charge < -0.3 is 32.3 Å². The summed E-state index contributed by atoms with van der Waals surface area (Å²) in [6.07, 6.45) is 1.76. The van der Waals surface area contributed by atoms with E-state index in [4.69, 9.17) is 21.7 Å². The van der Waals surface area contributed by atoms with Crippen LogP contribution in [-0.2, 0) is 14.4 Å². The molecule has 2 atom stereocenters. The molecule has 0 saturated carbocycles. The number of aromatic nitrogens is 2. The molecule has 2 rings (SSSR count). The van der Waals surface area contributed by atoms with E-state index in [9.17, 15) is 14.4 Å². The maximum atomic E-state index is 11.9. The average Bonchev–Trinajstić information content (AvgIpc) is 2.98. The lowest BCUT2D eigenvalue weighted by molar-refractivity contribution is -0.143. The van der Waals surface area contributed by atoms with Crippen LogP contribution in [0.15, 0.2) is 0 Å². The second-order valence-corrected chi connectivity index (χ2v) is 6.44.